The number of carbonyl (C=O) groups is 2. The summed E-state index contributed by atoms with van der Waals surface area (Å²) < 4.78 is 0. The zero-order valence-corrected chi connectivity index (χ0v) is 11.8. The zero-order chi connectivity index (χ0) is 15.0. The molecule has 0 saturated heterocycles. The van der Waals surface area contributed by atoms with E-state index in [1.165, 1.54) is 6.92 Å². The molecule has 0 aliphatic carbocycles. The summed E-state index contributed by atoms with van der Waals surface area (Å²) in [6, 6.07) is 9.60. The number of pyridine rings is 1. The maximum Gasteiger partial charge on any atom is 0.166 e. The highest BCUT2D eigenvalue weighted by Crippen LogP contribution is 2.31. The molecule has 0 radical (unpaired) electrons. The first kappa shape index (κ1) is 13.2. The van der Waals surface area contributed by atoms with Gasteiger partial charge in [0.05, 0.1) is 11.2 Å². The third-order valence-electron chi connectivity index (χ3n) is 3.58. The van der Waals surface area contributed by atoms with Crippen LogP contribution in [0.2, 0.25) is 0 Å². The molecule has 0 aliphatic rings. The number of hydrogen-bond donors (Lipinski definition) is 1. The number of benzene rings is 1. The fraction of sp³-hybridized carbons (Fsp3) is 0.118. The van der Waals surface area contributed by atoms with Gasteiger partial charge in [0.2, 0.25) is 0 Å². The Kier molecular flexibility index (Phi) is 3.14. The number of nitrogens with zero attached hydrogens (tertiary/aromatic N) is 1. The highest BCUT2D eigenvalue weighted by molar-refractivity contribution is 6.06. The van der Waals surface area contributed by atoms with Gasteiger partial charge in [-0.05, 0) is 31.5 Å². The van der Waals surface area contributed by atoms with E-state index < -0.39 is 0 Å². The Morgan fingerprint density at radius 3 is 2.81 bits per heavy atom. The van der Waals surface area contributed by atoms with E-state index in [0.717, 1.165) is 22.8 Å². The minimum Gasteiger partial charge on any atom is -0.355 e. The fourth-order valence-corrected chi connectivity index (χ4v) is 2.70. The van der Waals surface area contributed by atoms with Crippen LogP contribution in [-0.4, -0.2) is 22.0 Å². The molecule has 21 heavy (non-hydrogen) atoms. The second kappa shape index (κ2) is 4.98. The number of aryl methyl sites for hydroxylation is 1. The van der Waals surface area contributed by atoms with Crippen LogP contribution in [0.5, 0.6) is 0 Å². The van der Waals surface area contributed by atoms with E-state index in [4.69, 9.17) is 0 Å². The Morgan fingerprint density at radius 2 is 2.10 bits per heavy atom. The standard InChI is InChI=1S/C17H14N2O2/c1-10-16(11(2)21)17(15(9-20)19-10)13-6-5-12-4-3-7-18-14(12)8-13/h3-9,19H,1-2H3. The molecule has 0 aliphatic heterocycles. The van der Waals surface area contributed by atoms with Crippen molar-refractivity contribution in [1.82, 2.24) is 9.97 Å². The van der Waals surface area contributed by atoms with Crippen molar-refractivity contribution in [3.63, 3.8) is 0 Å². The van der Waals surface area contributed by atoms with Gasteiger partial charge in [0, 0.05) is 28.4 Å². The lowest BCUT2D eigenvalue weighted by Crippen LogP contribution is -1.96. The molecule has 0 saturated carbocycles. The van der Waals surface area contributed by atoms with E-state index in [0.29, 0.717) is 22.5 Å². The molecule has 3 aromatic rings. The van der Waals surface area contributed by atoms with Crippen LogP contribution in [-0.2, 0) is 0 Å². The van der Waals surface area contributed by atoms with Crippen molar-refractivity contribution in [2.24, 2.45) is 0 Å². The predicted molar refractivity (Wildman–Crippen MR) is 81.7 cm³/mol. The molecule has 0 unspecified atom stereocenters. The molecule has 1 N–H and O–H groups in total. The van der Waals surface area contributed by atoms with Gasteiger partial charge >= 0.3 is 0 Å². The Bertz CT molecular complexity index is 862. The molecule has 4 nitrogen and oxygen atoms in total. The number of aldehydes is 1. The van der Waals surface area contributed by atoms with Crippen LogP contribution in [0, 0.1) is 6.92 Å². The van der Waals surface area contributed by atoms with Crippen molar-refractivity contribution < 1.29 is 9.59 Å². The van der Waals surface area contributed by atoms with Gasteiger partial charge in [-0.15, -0.1) is 0 Å². The normalized spacial score (nSPS) is 10.8. The minimum absolute atomic E-state index is 0.0621. The van der Waals surface area contributed by atoms with Crippen LogP contribution in [0.25, 0.3) is 22.0 Å². The van der Waals surface area contributed by atoms with E-state index in [9.17, 15) is 9.59 Å². The lowest BCUT2D eigenvalue weighted by Gasteiger charge is -2.05. The van der Waals surface area contributed by atoms with Gasteiger partial charge in [0.1, 0.15) is 0 Å². The number of aromatic nitrogens is 2. The van der Waals surface area contributed by atoms with Crippen LogP contribution in [0.15, 0.2) is 36.5 Å². The summed E-state index contributed by atoms with van der Waals surface area (Å²) in [4.78, 5) is 30.5. The summed E-state index contributed by atoms with van der Waals surface area (Å²) in [5.74, 6) is -0.0621. The van der Waals surface area contributed by atoms with Crippen molar-refractivity contribution in [3.05, 3.63) is 53.5 Å². The Morgan fingerprint density at radius 1 is 1.29 bits per heavy atom. The summed E-state index contributed by atoms with van der Waals surface area (Å²) in [5, 5.41) is 1.02. The number of rotatable bonds is 3. The van der Waals surface area contributed by atoms with Crippen LogP contribution in [0.4, 0.5) is 0 Å². The molecule has 104 valence electrons. The average Bonchev–Trinajstić information content (AvgIpc) is 2.83. The Labute approximate surface area is 121 Å². The fourth-order valence-electron chi connectivity index (χ4n) is 2.70. The monoisotopic (exact) mass is 278 g/mol. The van der Waals surface area contributed by atoms with Crippen LogP contribution < -0.4 is 0 Å². The number of ketones is 1. The zero-order valence-electron chi connectivity index (χ0n) is 11.8. The number of nitrogens with one attached hydrogen (secondary N) is 1. The molecule has 0 spiro atoms. The van der Waals surface area contributed by atoms with Crippen molar-refractivity contribution in [1.29, 1.82) is 0 Å². The van der Waals surface area contributed by atoms with Crippen molar-refractivity contribution >= 4 is 23.0 Å². The van der Waals surface area contributed by atoms with Gasteiger partial charge in [-0.3, -0.25) is 14.6 Å². The third kappa shape index (κ3) is 2.14. The molecule has 0 bridgehead atoms. The first-order chi connectivity index (χ1) is 10.1. The van der Waals surface area contributed by atoms with E-state index >= 15 is 0 Å². The molecule has 4 heteroatoms. The second-order valence-electron chi connectivity index (χ2n) is 5.00. The lowest BCUT2D eigenvalue weighted by molar-refractivity contribution is 0.101. The number of hydrogen-bond acceptors (Lipinski definition) is 3. The molecule has 2 aromatic heterocycles. The lowest BCUT2D eigenvalue weighted by atomic mass is 9.97. The molecular formula is C17H14N2O2. The topological polar surface area (TPSA) is 62.8 Å². The van der Waals surface area contributed by atoms with Crippen molar-refractivity contribution in [2.75, 3.05) is 0 Å². The molecule has 0 atom stereocenters. The van der Waals surface area contributed by atoms with Gasteiger partial charge in [0.15, 0.2) is 12.1 Å². The summed E-state index contributed by atoms with van der Waals surface area (Å²) >= 11 is 0. The van der Waals surface area contributed by atoms with Crippen LogP contribution >= 0.6 is 0 Å². The average molecular weight is 278 g/mol. The van der Waals surface area contributed by atoms with Crippen molar-refractivity contribution in [3.8, 4) is 11.1 Å². The number of H-pyrrole nitrogens is 1. The van der Waals surface area contributed by atoms with Crippen LogP contribution in [0.1, 0.15) is 33.5 Å². The number of aromatic amines is 1. The molecule has 2 heterocycles. The SMILES string of the molecule is CC(=O)c1c(C)[nH]c(C=O)c1-c1ccc2cccnc2c1. The maximum atomic E-state index is 11.9. The largest absolute Gasteiger partial charge is 0.355 e. The summed E-state index contributed by atoms with van der Waals surface area (Å²) in [5.41, 5.74) is 4.00. The molecule has 0 fully saturated rings. The minimum atomic E-state index is -0.0621. The first-order valence-corrected chi connectivity index (χ1v) is 6.65. The predicted octanol–water partition coefficient (Wildman–Crippen LogP) is 3.55. The second-order valence-corrected chi connectivity index (χ2v) is 5.00. The van der Waals surface area contributed by atoms with Gasteiger partial charge in [-0.1, -0.05) is 18.2 Å². The van der Waals surface area contributed by atoms with Gasteiger partial charge in [-0.2, -0.15) is 0 Å². The molecular weight excluding hydrogens is 264 g/mol. The van der Waals surface area contributed by atoms with E-state index in [1.807, 2.05) is 30.3 Å². The third-order valence-corrected chi connectivity index (χ3v) is 3.58. The Hall–Kier alpha value is -2.75. The maximum absolute atomic E-state index is 11.9. The van der Waals surface area contributed by atoms with E-state index in [1.54, 1.807) is 13.1 Å². The van der Waals surface area contributed by atoms with Gasteiger partial charge in [0.25, 0.3) is 0 Å². The van der Waals surface area contributed by atoms with Crippen LogP contribution in [0.3, 0.4) is 0 Å². The quantitative estimate of drug-likeness (QED) is 0.588. The van der Waals surface area contributed by atoms with Gasteiger partial charge in [-0.25, -0.2) is 0 Å². The number of carbonyl (C=O) groups excluding carboxylic acids is 2. The summed E-state index contributed by atoms with van der Waals surface area (Å²) in [6.45, 7) is 3.31. The van der Waals surface area contributed by atoms with Gasteiger partial charge < -0.3 is 4.98 Å². The van der Waals surface area contributed by atoms with E-state index in [2.05, 4.69) is 9.97 Å². The molecule has 3 rings (SSSR count). The number of fused-ring (bicyclic) bond motifs is 1. The number of Topliss-reactive ketones (excluding diaryl/α,β-unsaturated/α-hetero) is 1. The summed E-state index contributed by atoms with van der Waals surface area (Å²) in [7, 11) is 0. The molecule has 1 aromatic carbocycles. The smallest absolute Gasteiger partial charge is 0.166 e. The highest BCUT2D eigenvalue weighted by atomic mass is 16.1. The highest BCUT2D eigenvalue weighted by Gasteiger charge is 2.19. The van der Waals surface area contributed by atoms with Crippen molar-refractivity contribution in [2.45, 2.75) is 13.8 Å². The summed E-state index contributed by atoms with van der Waals surface area (Å²) in [6.07, 6.45) is 2.47. The Balaban J connectivity index is 2.31. The van der Waals surface area contributed by atoms with E-state index in [-0.39, 0.29) is 5.78 Å². The molecule has 0 amide bonds. The first-order valence-electron chi connectivity index (χ1n) is 6.65.